The predicted molar refractivity (Wildman–Crippen MR) is 107 cm³/mol. The summed E-state index contributed by atoms with van der Waals surface area (Å²) in [5.41, 5.74) is 2.21. The van der Waals surface area contributed by atoms with Crippen molar-refractivity contribution in [3.05, 3.63) is 72.3 Å². The molecule has 0 saturated carbocycles. The van der Waals surface area contributed by atoms with Crippen LogP contribution in [0.3, 0.4) is 0 Å². The average molecular weight is 407 g/mol. The van der Waals surface area contributed by atoms with E-state index in [0.717, 1.165) is 17.0 Å². The van der Waals surface area contributed by atoms with Crippen LogP contribution >= 0.6 is 0 Å². The zero-order valence-electron chi connectivity index (χ0n) is 16.1. The molecule has 8 nitrogen and oxygen atoms in total. The molecule has 0 bridgehead atoms. The first-order chi connectivity index (χ1) is 14.6. The summed E-state index contributed by atoms with van der Waals surface area (Å²) in [6.45, 7) is -0.0707. The van der Waals surface area contributed by atoms with Crippen LogP contribution in [0.1, 0.15) is 5.82 Å². The number of benzene rings is 2. The van der Waals surface area contributed by atoms with E-state index in [-0.39, 0.29) is 24.9 Å². The maximum absolute atomic E-state index is 12.9. The van der Waals surface area contributed by atoms with Gasteiger partial charge in [0.25, 0.3) is 5.91 Å². The van der Waals surface area contributed by atoms with Crippen LogP contribution in [0.2, 0.25) is 0 Å². The van der Waals surface area contributed by atoms with Crippen molar-refractivity contribution in [2.45, 2.75) is 6.54 Å². The molecule has 4 aromatic rings. The van der Waals surface area contributed by atoms with Crippen molar-refractivity contribution < 1.29 is 18.7 Å². The van der Waals surface area contributed by atoms with Gasteiger partial charge in [0.15, 0.2) is 18.1 Å². The van der Waals surface area contributed by atoms with Gasteiger partial charge >= 0.3 is 0 Å². The topological polar surface area (TPSA) is 90.6 Å². The van der Waals surface area contributed by atoms with Crippen molar-refractivity contribution in [1.82, 2.24) is 25.1 Å². The van der Waals surface area contributed by atoms with Crippen LogP contribution in [-0.4, -0.2) is 39.4 Å². The van der Waals surface area contributed by atoms with Crippen molar-refractivity contribution in [3.63, 3.8) is 0 Å². The third-order valence-corrected chi connectivity index (χ3v) is 4.34. The van der Waals surface area contributed by atoms with Crippen molar-refractivity contribution in [3.8, 4) is 22.8 Å². The highest BCUT2D eigenvalue weighted by molar-refractivity contribution is 5.77. The number of methoxy groups -OCH3 is 1. The average Bonchev–Trinajstić information content (AvgIpc) is 3.19. The van der Waals surface area contributed by atoms with Gasteiger partial charge in [-0.3, -0.25) is 4.79 Å². The third-order valence-electron chi connectivity index (χ3n) is 4.34. The second kappa shape index (κ2) is 8.56. The molecule has 1 N–H and O–H groups in total. The van der Waals surface area contributed by atoms with Crippen LogP contribution in [0.5, 0.6) is 11.5 Å². The normalized spacial score (nSPS) is 10.7. The summed E-state index contributed by atoms with van der Waals surface area (Å²) < 4.78 is 25.0. The lowest BCUT2D eigenvalue weighted by molar-refractivity contribution is -0.123. The second-order valence-electron chi connectivity index (χ2n) is 6.35. The maximum atomic E-state index is 12.9. The summed E-state index contributed by atoms with van der Waals surface area (Å²) in [4.78, 5) is 12.1. The number of hydrogen-bond acceptors (Lipinski definition) is 6. The molecule has 0 spiro atoms. The molecule has 0 aliphatic heterocycles. The summed E-state index contributed by atoms with van der Waals surface area (Å²) in [6, 6.07) is 16.6. The molecule has 1 amide bonds. The lowest BCUT2D eigenvalue weighted by Gasteiger charge is -2.07. The first-order valence-electron chi connectivity index (χ1n) is 9.13. The van der Waals surface area contributed by atoms with Gasteiger partial charge in [-0.2, -0.15) is 9.61 Å². The van der Waals surface area contributed by atoms with Gasteiger partial charge in [0, 0.05) is 5.56 Å². The Morgan fingerprint density at radius 1 is 1.00 bits per heavy atom. The Hall–Kier alpha value is -4.01. The highest BCUT2D eigenvalue weighted by Gasteiger charge is 2.11. The summed E-state index contributed by atoms with van der Waals surface area (Å²) in [5, 5.41) is 15.5. The van der Waals surface area contributed by atoms with E-state index in [4.69, 9.17) is 9.47 Å². The molecular weight excluding hydrogens is 389 g/mol. The molecule has 4 rings (SSSR count). The zero-order valence-corrected chi connectivity index (χ0v) is 16.1. The van der Waals surface area contributed by atoms with Gasteiger partial charge < -0.3 is 14.8 Å². The zero-order chi connectivity index (χ0) is 20.9. The first kappa shape index (κ1) is 19.3. The lowest BCUT2D eigenvalue weighted by Crippen LogP contribution is -2.29. The van der Waals surface area contributed by atoms with Gasteiger partial charge in [0.1, 0.15) is 17.3 Å². The van der Waals surface area contributed by atoms with Crippen molar-refractivity contribution in [2.24, 2.45) is 0 Å². The number of rotatable bonds is 7. The van der Waals surface area contributed by atoms with Crippen LogP contribution in [0.25, 0.3) is 16.9 Å². The Balaban J connectivity index is 1.42. The minimum atomic E-state index is -0.369. The van der Waals surface area contributed by atoms with E-state index >= 15 is 0 Å². The molecule has 0 unspecified atom stereocenters. The summed E-state index contributed by atoms with van der Waals surface area (Å²) in [6.07, 6.45) is 0. The molecule has 2 aromatic carbocycles. The molecule has 2 heterocycles. The van der Waals surface area contributed by atoms with Gasteiger partial charge in [-0.25, -0.2) is 4.39 Å². The molecule has 0 fully saturated rings. The SMILES string of the molecule is COc1ccc(-c2ccc3nnc(CNC(=O)COc4ccc(F)cc4)n3n2)cc1. The highest BCUT2D eigenvalue weighted by Crippen LogP contribution is 2.21. The van der Waals surface area contributed by atoms with E-state index in [1.807, 2.05) is 36.4 Å². The summed E-state index contributed by atoms with van der Waals surface area (Å²) in [5.74, 6) is 0.936. The fourth-order valence-corrected chi connectivity index (χ4v) is 2.77. The first-order valence-corrected chi connectivity index (χ1v) is 9.13. The van der Waals surface area contributed by atoms with Crippen LogP contribution in [-0.2, 0) is 11.3 Å². The van der Waals surface area contributed by atoms with E-state index in [1.165, 1.54) is 24.3 Å². The highest BCUT2D eigenvalue weighted by atomic mass is 19.1. The fraction of sp³-hybridized carbons (Fsp3) is 0.143. The van der Waals surface area contributed by atoms with Crippen molar-refractivity contribution in [2.75, 3.05) is 13.7 Å². The van der Waals surface area contributed by atoms with Gasteiger partial charge in [0.2, 0.25) is 0 Å². The van der Waals surface area contributed by atoms with Crippen molar-refractivity contribution in [1.29, 1.82) is 0 Å². The van der Waals surface area contributed by atoms with Gasteiger partial charge in [0.05, 0.1) is 19.3 Å². The van der Waals surface area contributed by atoms with E-state index < -0.39 is 0 Å². The number of carbonyl (C=O) groups excluding carboxylic acids is 1. The number of ether oxygens (including phenoxy) is 2. The standard InChI is InChI=1S/C21H18FN5O3/c1-29-16-6-2-14(3-7-16)18-10-11-19-24-25-20(27(19)26-18)12-23-21(28)13-30-17-8-4-15(22)5-9-17/h2-11H,12-13H2,1H3,(H,23,28). The Morgan fingerprint density at radius 3 is 2.47 bits per heavy atom. The number of fused-ring (bicyclic) bond motifs is 1. The quantitative estimate of drug-likeness (QED) is 0.507. The number of amides is 1. The number of carbonyl (C=O) groups is 1. The largest absolute Gasteiger partial charge is 0.497 e. The number of halogens is 1. The molecule has 2 aromatic heterocycles. The van der Waals surface area contributed by atoms with Gasteiger partial charge in [-0.15, -0.1) is 10.2 Å². The molecule has 0 radical (unpaired) electrons. The van der Waals surface area contributed by atoms with Crippen LogP contribution < -0.4 is 14.8 Å². The van der Waals surface area contributed by atoms with Crippen LogP contribution in [0.4, 0.5) is 4.39 Å². The Kier molecular flexibility index (Phi) is 5.51. The molecule has 152 valence electrons. The number of hydrogen-bond donors (Lipinski definition) is 1. The third kappa shape index (κ3) is 4.35. The molecule has 0 aliphatic rings. The smallest absolute Gasteiger partial charge is 0.258 e. The van der Waals surface area contributed by atoms with Crippen LogP contribution in [0.15, 0.2) is 60.7 Å². The number of nitrogens with zero attached hydrogens (tertiary/aromatic N) is 4. The Bertz CT molecular complexity index is 1160. The fourth-order valence-electron chi connectivity index (χ4n) is 2.77. The van der Waals surface area contributed by atoms with E-state index in [0.29, 0.717) is 17.2 Å². The van der Waals surface area contributed by atoms with E-state index in [9.17, 15) is 9.18 Å². The van der Waals surface area contributed by atoms with Gasteiger partial charge in [-0.1, -0.05) is 0 Å². The molecule has 9 heteroatoms. The summed E-state index contributed by atoms with van der Waals surface area (Å²) in [7, 11) is 1.61. The number of aromatic nitrogens is 4. The molecule has 0 atom stereocenters. The minimum Gasteiger partial charge on any atom is -0.497 e. The van der Waals surface area contributed by atoms with Crippen molar-refractivity contribution >= 4 is 11.6 Å². The van der Waals surface area contributed by atoms with E-state index in [1.54, 1.807) is 11.6 Å². The predicted octanol–water partition coefficient (Wildman–Crippen LogP) is 2.63. The molecule has 0 saturated heterocycles. The lowest BCUT2D eigenvalue weighted by atomic mass is 10.1. The van der Waals surface area contributed by atoms with E-state index in [2.05, 4.69) is 20.6 Å². The van der Waals surface area contributed by atoms with Crippen LogP contribution in [0, 0.1) is 5.82 Å². The Labute approximate surface area is 171 Å². The molecular formula is C21H18FN5O3. The second-order valence-corrected chi connectivity index (χ2v) is 6.35. The molecule has 0 aliphatic carbocycles. The minimum absolute atomic E-state index is 0.131. The monoisotopic (exact) mass is 407 g/mol. The summed E-state index contributed by atoms with van der Waals surface area (Å²) >= 11 is 0. The van der Waals surface area contributed by atoms with Gasteiger partial charge in [-0.05, 0) is 60.7 Å². The Morgan fingerprint density at radius 2 is 1.73 bits per heavy atom. The molecule has 30 heavy (non-hydrogen) atoms. The number of nitrogens with one attached hydrogen (secondary N) is 1. The maximum Gasteiger partial charge on any atom is 0.258 e.